The molecule has 0 saturated carbocycles. The minimum atomic E-state index is -1.08. The summed E-state index contributed by atoms with van der Waals surface area (Å²) in [5.41, 5.74) is 1.41. The van der Waals surface area contributed by atoms with Crippen molar-refractivity contribution in [3.05, 3.63) is 35.4 Å². The molecule has 1 amide bonds. The van der Waals surface area contributed by atoms with E-state index in [1.54, 1.807) is 12.1 Å². The smallest absolute Gasteiger partial charge is 0.331 e. The molecule has 2 atom stereocenters. The number of benzene rings is 1. The summed E-state index contributed by atoms with van der Waals surface area (Å²) >= 11 is 0. The molecule has 96 valence electrons. The molecule has 0 aliphatic carbocycles. The molecule has 1 saturated heterocycles. The van der Waals surface area contributed by atoms with Crippen LogP contribution in [0.25, 0.3) is 0 Å². The molecule has 0 radical (unpaired) electrons. The van der Waals surface area contributed by atoms with Crippen molar-refractivity contribution in [2.45, 2.75) is 25.5 Å². The minimum absolute atomic E-state index is 0.00430. The van der Waals surface area contributed by atoms with Gasteiger partial charge in [0.25, 0.3) is 0 Å². The number of likely N-dealkylation sites (tertiary alicyclic amines) is 1. The van der Waals surface area contributed by atoms with E-state index >= 15 is 0 Å². The number of aliphatic carboxylic acids is 1. The average Bonchev–Trinajstić information content (AvgIpc) is 2.61. The molecular weight excluding hydrogens is 234 g/mol. The fourth-order valence-corrected chi connectivity index (χ4v) is 2.29. The fraction of sp³-hybridized carbons (Fsp3) is 0.385. The van der Waals surface area contributed by atoms with Crippen molar-refractivity contribution >= 4 is 11.9 Å². The number of β-amino-alcohol motifs (C(OH)–C–C–N with tert-alkyl or cyclic N) is 1. The van der Waals surface area contributed by atoms with Gasteiger partial charge in [0.1, 0.15) is 0 Å². The lowest BCUT2D eigenvalue weighted by atomic mass is 10.0. The number of aryl methyl sites for hydroxylation is 1. The summed E-state index contributed by atoms with van der Waals surface area (Å²) in [6.07, 6.45) is -0.779. The van der Waals surface area contributed by atoms with Gasteiger partial charge in [0, 0.05) is 6.54 Å². The van der Waals surface area contributed by atoms with Gasteiger partial charge < -0.3 is 15.1 Å². The Labute approximate surface area is 105 Å². The first kappa shape index (κ1) is 12.6. The quantitative estimate of drug-likeness (QED) is 0.827. The third kappa shape index (κ3) is 2.22. The average molecular weight is 249 g/mol. The summed E-state index contributed by atoms with van der Waals surface area (Å²) in [6, 6.07) is 6.05. The van der Waals surface area contributed by atoms with Crippen molar-refractivity contribution in [3.63, 3.8) is 0 Å². The highest BCUT2D eigenvalue weighted by molar-refractivity contribution is 5.86. The van der Waals surface area contributed by atoms with Crippen LogP contribution in [0.5, 0.6) is 0 Å². The second kappa shape index (κ2) is 4.78. The van der Waals surface area contributed by atoms with E-state index in [1.807, 2.05) is 19.1 Å². The number of amides is 1. The lowest BCUT2D eigenvalue weighted by Crippen LogP contribution is -2.36. The molecule has 2 unspecified atom stereocenters. The highest BCUT2D eigenvalue weighted by Crippen LogP contribution is 2.28. The third-order valence-electron chi connectivity index (χ3n) is 3.17. The highest BCUT2D eigenvalue weighted by atomic mass is 16.4. The van der Waals surface area contributed by atoms with Crippen LogP contribution in [0.15, 0.2) is 24.3 Å². The molecule has 0 aromatic heterocycles. The number of carboxylic acids is 1. The van der Waals surface area contributed by atoms with Crippen molar-refractivity contribution in [1.82, 2.24) is 4.90 Å². The maximum atomic E-state index is 11.7. The van der Waals surface area contributed by atoms with E-state index in [1.165, 1.54) is 4.90 Å². The van der Waals surface area contributed by atoms with Gasteiger partial charge in [-0.25, -0.2) is 4.79 Å². The zero-order valence-corrected chi connectivity index (χ0v) is 10.0. The first-order valence-electron chi connectivity index (χ1n) is 5.76. The van der Waals surface area contributed by atoms with Crippen LogP contribution in [0.1, 0.15) is 23.6 Å². The molecule has 1 aromatic rings. The van der Waals surface area contributed by atoms with Gasteiger partial charge in [0.05, 0.1) is 12.5 Å². The molecule has 1 aliphatic heterocycles. The van der Waals surface area contributed by atoms with E-state index in [4.69, 9.17) is 0 Å². The summed E-state index contributed by atoms with van der Waals surface area (Å²) in [7, 11) is 0. The predicted molar refractivity (Wildman–Crippen MR) is 63.9 cm³/mol. The summed E-state index contributed by atoms with van der Waals surface area (Å²) in [4.78, 5) is 24.4. The van der Waals surface area contributed by atoms with Crippen LogP contribution in [0.3, 0.4) is 0 Å². The molecule has 1 aromatic carbocycles. The van der Waals surface area contributed by atoms with Crippen molar-refractivity contribution in [3.8, 4) is 0 Å². The molecule has 5 nitrogen and oxygen atoms in total. The van der Waals surface area contributed by atoms with Crippen LogP contribution < -0.4 is 0 Å². The first-order chi connectivity index (χ1) is 8.50. The largest absolute Gasteiger partial charge is 0.479 e. The number of carbonyl (C=O) groups excluding carboxylic acids is 1. The van der Waals surface area contributed by atoms with E-state index in [2.05, 4.69) is 0 Å². The Balaban J connectivity index is 2.38. The van der Waals surface area contributed by atoms with Crippen LogP contribution in [-0.2, 0) is 9.59 Å². The highest BCUT2D eigenvalue weighted by Gasteiger charge is 2.38. The molecule has 0 spiro atoms. The fourth-order valence-electron chi connectivity index (χ4n) is 2.29. The van der Waals surface area contributed by atoms with E-state index in [-0.39, 0.29) is 18.9 Å². The Hall–Kier alpha value is -1.88. The van der Waals surface area contributed by atoms with Crippen molar-refractivity contribution in [2.75, 3.05) is 6.54 Å². The minimum Gasteiger partial charge on any atom is -0.479 e. The predicted octanol–water partition coefficient (Wildman–Crippen LogP) is 0.714. The zero-order valence-electron chi connectivity index (χ0n) is 10.0. The number of carboxylic acid groups (broad SMARTS) is 1. The van der Waals surface area contributed by atoms with Crippen LogP contribution >= 0.6 is 0 Å². The Kier molecular flexibility index (Phi) is 3.34. The number of aliphatic hydroxyl groups is 1. The summed E-state index contributed by atoms with van der Waals surface area (Å²) in [5.74, 6) is -1.40. The standard InChI is InChI=1S/C13H15NO4/c1-8-4-2-3-5-10(8)12(13(17)18)14-7-9(15)6-11(14)16/h2-5,9,12,15H,6-7H2,1H3,(H,17,18). The van der Waals surface area contributed by atoms with E-state index in [0.717, 1.165) is 5.56 Å². The van der Waals surface area contributed by atoms with Gasteiger partial charge in [-0.05, 0) is 18.1 Å². The number of carbonyl (C=O) groups is 2. The number of hydrogen-bond acceptors (Lipinski definition) is 3. The van der Waals surface area contributed by atoms with E-state index in [0.29, 0.717) is 5.56 Å². The number of aliphatic hydroxyl groups excluding tert-OH is 1. The lowest BCUT2D eigenvalue weighted by molar-refractivity contribution is -0.148. The second-order valence-corrected chi connectivity index (χ2v) is 4.50. The molecule has 5 heteroatoms. The maximum absolute atomic E-state index is 11.7. The Morgan fingerprint density at radius 2 is 2.11 bits per heavy atom. The molecular formula is C13H15NO4. The molecule has 0 bridgehead atoms. The van der Waals surface area contributed by atoms with Crippen LogP contribution in [-0.4, -0.2) is 39.6 Å². The Bertz CT molecular complexity index is 486. The molecule has 18 heavy (non-hydrogen) atoms. The van der Waals surface area contributed by atoms with Crippen molar-refractivity contribution in [2.24, 2.45) is 0 Å². The Morgan fingerprint density at radius 3 is 2.61 bits per heavy atom. The number of nitrogens with zero attached hydrogens (tertiary/aromatic N) is 1. The Morgan fingerprint density at radius 1 is 1.44 bits per heavy atom. The SMILES string of the molecule is Cc1ccccc1C(C(=O)O)N1CC(O)CC1=O. The van der Waals surface area contributed by atoms with Gasteiger partial charge in [-0.1, -0.05) is 24.3 Å². The second-order valence-electron chi connectivity index (χ2n) is 4.50. The summed E-state index contributed by atoms with van der Waals surface area (Å²) in [5, 5.41) is 18.8. The van der Waals surface area contributed by atoms with E-state index < -0.39 is 18.1 Å². The normalized spacial score (nSPS) is 21.1. The van der Waals surface area contributed by atoms with Gasteiger partial charge in [-0.3, -0.25) is 4.79 Å². The van der Waals surface area contributed by atoms with Gasteiger partial charge in [0.15, 0.2) is 6.04 Å². The molecule has 2 N–H and O–H groups in total. The summed E-state index contributed by atoms with van der Waals surface area (Å²) < 4.78 is 0. The first-order valence-corrected chi connectivity index (χ1v) is 5.76. The zero-order chi connectivity index (χ0) is 13.3. The summed E-state index contributed by atoms with van der Waals surface area (Å²) in [6.45, 7) is 1.88. The van der Waals surface area contributed by atoms with Gasteiger partial charge in [-0.2, -0.15) is 0 Å². The van der Waals surface area contributed by atoms with Crippen LogP contribution in [0.4, 0.5) is 0 Å². The number of hydrogen-bond donors (Lipinski definition) is 2. The maximum Gasteiger partial charge on any atom is 0.331 e. The lowest BCUT2D eigenvalue weighted by Gasteiger charge is -2.25. The van der Waals surface area contributed by atoms with E-state index in [9.17, 15) is 19.8 Å². The molecule has 2 rings (SSSR count). The molecule has 1 fully saturated rings. The van der Waals surface area contributed by atoms with Crippen molar-refractivity contribution in [1.29, 1.82) is 0 Å². The van der Waals surface area contributed by atoms with Crippen LogP contribution in [0, 0.1) is 6.92 Å². The van der Waals surface area contributed by atoms with Crippen molar-refractivity contribution < 1.29 is 19.8 Å². The number of rotatable bonds is 3. The third-order valence-corrected chi connectivity index (χ3v) is 3.17. The van der Waals surface area contributed by atoms with Gasteiger partial charge in [0.2, 0.25) is 5.91 Å². The van der Waals surface area contributed by atoms with Gasteiger partial charge >= 0.3 is 5.97 Å². The topological polar surface area (TPSA) is 77.8 Å². The van der Waals surface area contributed by atoms with Crippen LogP contribution in [0.2, 0.25) is 0 Å². The van der Waals surface area contributed by atoms with Gasteiger partial charge in [-0.15, -0.1) is 0 Å². The molecule has 1 heterocycles. The molecule has 1 aliphatic rings. The monoisotopic (exact) mass is 249 g/mol.